The van der Waals surface area contributed by atoms with E-state index in [0.29, 0.717) is 11.0 Å². The fraction of sp³-hybridized carbons (Fsp3) is 0.562. The first-order valence-corrected chi connectivity index (χ1v) is 7.56. The summed E-state index contributed by atoms with van der Waals surface area (Å²) in [5, 5.41) is 10.0. The zero-order chi connectivity index (χ0) is 16.5. The summed E-state index contributed by atoms with van der Waals surface area (Å²) in [4.78, 5) is 13.7. The number of carbonyl (C=O) groups is 1. The maximum absolute atomic E-state index is 14.2. The van der Waals surface area contributed by atoms with Crippen LogP contribution in [0.1, 0.15) is 44.5 Å². The minimum Gasteiger partial charge on any atom is -0.427 e. The van der Waals surface area contributed by atoms with Gasteiger partial charge in [0.05, 0.1) is 11.2 Å². The summed E-state index contributed by atoms with van der Waals surface area (Å²) in [5.74, 6) is -0.590. The van der Waals surface area contributed by atoms with Crippen LogP contribution in [0.3, 0.4) is 0 Å². The van der Waals surface area contributed by atoms with Crippen LogP contribution >= 0.6 is 0 Å². The highest BCUT2D eigenvalue weighted by Crippen LogP contribution is 2.24. The van der Waals surface area contributed by atoms with E-state index < -0.39 is 17.0 Å². The zero-order valence-electron chi connectivity index (χ0n) is 13.6. The van der Waals surface area contributed by atoms with E-state index in [2.05, 4.69) is 0 Å². The van der Waals surface area contributed by atoms with Crippen molar-refractivity contribution in [1.82, 2.24) is 4.90 Å². The second-order valence-electron chi connectivity index (χ2n) is 6.81. The van der Waals surface area contributed by atoms with E-state index in [1.165, 1.54) is 6.07 Å². The molecule has 0 unspecified atom stereocenters. The molecule has 4 nitrogen and oxygen atoms in total. The summed E-state index contributed by atoms with van der Waals surface area (Å²) < 4.78 is 19.8. The lowest BCUT2D eigenvalue weighted by atomic mass is 9.82. The largest absolute Gasteiger partial charge is 0.427 e. The van der Waals surface area contributed by atoms with Gasteiger partial charge in [0.25, 0.3) is 5.91 Å². The van der Waals surface area contributed by atoms with Crippen molar-refractivity contribution < 1.29 is 18.9 Å². The highest BCUT2D eigenvalue weighted by molar-refractivity contribution is 6.47. The number of carbonyl (C=O) groups excluding carboxylic acids is 1. The summed E-state index contributed by atoms with van der Waals surface area (Å²) in [6.45, 7) is 8.30. The van der Waals surface area contributed by atoms with Crippen LogP contribution in [0.25, 0.3) is 0 Å². The summed E-state index contributed by atoms with van der Waals surface area (Å²) in [7, 11) is 0.0427. The Kier molecular flexibility index (Phi) is 4.63. The van der Waals surface area contributed by atoms with E-state index in [-0.39, 0.29) is 13.4 Å². The van der Waals surface area contributed by atoms with E-state index in [1.807, 2.05) is 0 Å². The Morgan fingerprint density at radius 2 is 1.95 bits per heavy atom. The normalized spacial score (nSPS) is 15.5. The number of hydrogen-bond acceptors (Lipinski definition) is 3. The van der Waals surface area contributed by atoms with Gasteiger partial charge in [0.1, 0.15) is 5.82 Å². The topological polar surface area (TPSA) is 49.8 Å². The third-order valence-corrected chi connectivity index (χ3v) is 4.51. The Labute approximate surface area is 131 Å². The molecule has 1 aliphatic heterocycles. The molecular weight excluding hydrogens is 284 g/mol. The van der Waals surface area contributed by atoms with E-state index in [1.54, 1.807) is 44.7 Å². The van der Waals surface area contributed by atoms with Gasteiger partial charge in [-0.3, -0.25) is 4.79 Å². The highest BCUT2D eigenvalue weighted by Gasteiger charge is 2.36. The number of rotatable bonds is 5. The van der Waals surface area contributed by atoms with E-state index in [4.69, 9.17) is 4.65 Å². The molecule has 2 rings (SSSR count). The summed E-state index contributed by atoms with van der Waals surface area (Å²) in [6.07, 6.45) is 1.01. The van der Waals surface area contributed by atoms with Gasteiger partial charge in [0.15, 0.2) is 0 Å². The van der Waals surface area contributed by atoms with E-state index in [9.17, 15) is 14.3 Å². The van der Waals surface area contributed by atoms with Crippen molar-refractivity contribution in [3.8, 4) is 0 Å². The lowest BCUT2D eigenvalue weighted by Crippen LogP contribution is -2.49. The van der Waals surface area contributed by atoms with Gasteiger partial charge in [-0.1, -0.05) is 6.07 Å². The molecule has 0 radical (unpaired) electrons. The molecule has 1 amide bonds. The summed E-state index contributed by atoms with van der Waals surface area (Å²) >= 11 is 0. The fourth-order valence-corrected chi connectivity index (χ4v) is 1.93. The molecule has 0 aliphatic carbocycles. The minimum atomic E-state index is -1.04. The number of nitrogens with zero attached hydrogens (tertiary/aromatic N) is 1. The van der Waals surface area contributed by atoms with Gasteiger partial charge in [0.2, 0.25) is 0 Å². The van der Waals surface area contributed by atoms with Crippen LogP contribution in [0.5, 0.6) is 0 Å². The SMILES string of the molecule is CC(C)(O)C(C)(C)OBc1ccc(C(=O)N2CCC2)cc1F. The molecule has 120 valence electrons. The lowest BCUT2D eigenvalue weighted by molar-refractivity contribution is -0.0893. The van der Waals surface area contributed by atoms with Crippen LogP contribution in [0.15, 0.2) is 18.2 Å². The first kappa shape index (κ1) is 17.0. The maximum atomic E-state index is 14.2. The highest BCUT2D eigenvalue weighted by atomic mass is 19.1. The molecule has 1 fully saturated rings. The predicted molar refractivity (Wildman–Crippen MR) is 85.2 cm³/mol. The van der Waals surface area contributed by atoms with Crippen molar-refractivity contribution in [1.29, 1.82) is 0 Å². The maximum Gasteiger partial charge on any atom is 0.312 e. The fourth-order valence-electron chi connectivity index (χ4n) is 1.93. The Morgan fingerprint density at radius 3 is 2.41 bits per heavy atom. The molecule has 1 aliphatic rings. The third-order valence-electron chi connectivity index (χ3n) is 4.51. The number of amides is 1. The van der Waals surface area contributed by atoms with Crippen LogP contribution in [0.4, 0.5) is 4.39 Å². The molecule has 1 heterocycles. The molecule has 1 aromatic rings. The molecule has 1 N–H and O–H groups in total. The standard InChI is InChI=1S/C16H23BFNO3/c1-15(2,21)16(3,4)22-17-12-7-6-11(10-13(12)18)14(20)19-8-5-9-19/h6-7,10,17,21H,5,8-9H2,1-4H3. The molecule has 0 atom stereocenters. The van der Waals surface area contributed by atoms with Crippen LogP contribution in [0.2, 0.25) is 0 Å². The molecule has 0 aromatic heterocycles. The molecule has 0 saturated carbocycles. The average Bonchev–Trinajstić information content (AvgIpc) is 2.33. The van der Waals surface area contributed by atoms with Crippen molar-refractivity contribution in [2.45, 2.75) is 45.3 Å². The monoisotopic (exact) mass is 307 g/mol. The summed E-state index contributed by atoms with van der Waals surface area (Å²) in [6, 6.07) is 4.46. The molecule has 6 heteroatoms. The van der Waals surface area contributed by atoms with Gasteiger partial charge in [-0.15, -0.1) is 0 Å². The van der Waals surface area contributed by atoms with Crippen molar-refractivity contribution in [2.75, 3.05) is 13.1 Å². The number of halogens is 1. The van der Waals surface area contributed by atoms with Gasteiger partial charge < -0.3 is 14.7 Å². The van der Waals surface area contributed by atoms with Gasteiger partial charge in [-0.2, -0.15) is 0 Å². The van der Waals surface area contributed by atoms with Gasteiger partial charge in [-0.05, 0) is 51.7 Å². The zero-order valence-corrected chi connectivity index (χ0v) is 13.6. The second kappa shape index (κ2) is 6.01. The lowest BCUT2D eigenvalue weighted by Gasteiger charge is -2.37. The van der Waals surface area contributed by atoms with Crippen molar-refractivity contribution in [3.63, 3.8) is 0 Å². The van der Waals surface area contributed by atoms with Gasteiger partial charge >= 0.3 is 7.48 Å². The van der Waals surface area contributed by atoms with Crippen LogP contribution in [-0.2, 0) is 4.65 Å². The Morgan fingerprint density at radius 1 is 1.32 bits per heavy atom. The van der Waals surface area contributed by atoms with Crippen molar-refractivity contribution in [2.24, 2.45) is 0 Å². The number of benzene rings is 1. The summed E-state index contributed by atoms with van der Waals surface area (Å²) in [5.41, 5.74) is -1.12. The van der Waals surface area contributed by atoms with Crippen molar-refractivity contribution >= 4 is 18.9 Å². The Hall–Kier alpha value is -1.40. The van der Waals surface area contributed by atoms with E-state index >= 15 is 0 Å². The smallest absolute Gasteiger partial charge is 0.312 e. The van der Waals surface area contributed by atoms with Crippen LogP contribution in [0, 0.1) is 5.82 Å². The van der Waals surface area contributed by atoms with Crippen LogP contribution < -0.4 is 5.46 Å². The average molecular weight is 307 g/mol. The Balaban J connectivity index is 2.05. The number of hydrogen-bond donors (Lipinski definition) is 1. The minimum absolute atomic E-state index is 0.0427. The van der Waals surface area contributed by atoms with Gasteiger partial charge in [0, 0.05) is 18.7 Å². The van der Waals surface area contributed by atoms with Gasteiger partial charge in [-0.25, -0.2) is 4.39 Å². The molecule has 1 aromatic carbocycles. The van der Waals surface area contributed by atoms with E-state index in [0.717, 1.165) is 19.5 Å². The Bertz CT molecular complexity index is 565. The molecular formula is C16H23BFNO3. The predicted octanol–water partition coefficient (Wildman–Crippen LogP) is 1.21. The second-order valence-corrected chi connectivity index (χ2v) is 6.81. The molecule has 0 spiro atoms. The quantitative estimate of drug-likeness (QED) is 0.832. The molecule has 0 bridgehead atoms. The van der Waals surface area contributed by atoms with Crippen LogP contribution in [-0.4, -0.2) is 47.7 Å². The first-order valence-electron chi connectivity index (χ1n) is 7.56. The van der Waals surface area contributed by atoms with Crippen molar-refractivity contribution in [3.05, 3.63) is 29.6 Å². The first-order chi connectivity index (χ1) is 10.1. The number of aliphatic hydroxyl groups is 1. The third kappa shape index (κ3) is 3.50. The molecule has 1 saturated heterocycles. The number of likely N-dealkylation sites (tertiary alicyclic amines) is 1. The molecule has 22 heavy (non-hydrogen) atoms.